The van der Waals surface area contributed by atoms with Gasteiger partial charge in [-0.05, 0) is 24.1 Å². The van der Waals surface area contributed by atoms with E-state index in [1.165, 1.54) is 5.56 Å². The number of benzene rings is 1. The SMILES string of the molecule is CN=C(NCCOc1ccccc1)N1CCC(c2cnn(C)c2)C1. The molecule has 1 atom stereocenters. The molecule has 1 fully saturated rings. The van der Waals surface area contributed by atoms with Crippen LogP contribution >= 0.6 is 0 Å². The molecule has 128 valence electrons. The highest BCUT2D eigenvalue weighted by Crippen LogP contribution is 2.26. The summed E-state index contributed by atoms with van der Waals surface area (Å²) in [6.45, 7) is 3.34. The van der Waals surface area contributed by atoms with Gasteiger partial charge in [0.25, 0.3) is 0 Å². The molecule has 6 nitrogen and oxygen atoms in total. The first-order chi connectivity index (χ1) is 11.8. The van der Waals surface area contributed by atoms with Crippen molar-refractivity contribution in [3.05, 3.63) is 48.3 Å². The number of ether oxygens (including phenoxy) is 1. The first-order valence-corrected chi connectivity index (χ1v) is 8.38. The van der Waals surface area contributed by atoms with Gasteiger partial charge in [-0.3, -0.25) is 9.67 Å². The fourth-order valence-corrected chi connectivity index (χ4v) is 3.06. The summed E-state index contributed by atoms with van der Waals surface area (Å²) < 4.78 is 7.58. The number of hydrogen-bond acceptors (Lipinski definition) is 3. The Hall–Kier alpha value is -2.50. The molecule has 0 spiro atoms. The van der Waals surface area contributed by atoms with Crippen LogP contribution in [0.15, 0.2) is 47.7 Å². The molecular formula is C18H25N5O. The van der Waals surface area contributed by atoms with Crippen LogP contribution in [0.3, 0.4) is 0 Å². The van der Waals surface area contributed by atoms with E-state index in [4.69, 9.17) is 4.74 Å². The number of nitrogens with zero attached hydrogens (tertiary/aromatic N) is 4. The van der Waals surface area contributed by atoms with E-state index in [1.54, 1.807) is 0 Å². The molecule has 6 heteroatoms. The van der Waals surface area contributed by atoms with E-state index < -0.39 is 0 Å². The van der Waals surface area contributed by atoms with Crippen LogP contribution in [-0.2, 0) is 7.05 Å². The van der Waals surface area contributed by atoms with Crippen molar-refractivity contribution in [3.8, 4) is 5.75 Å². The van der Waals surface area contributed by atoms with E-state index in [1.807, 2.05) is 55.3 Å². The summed E-state index contributed by atoms with van der Waals surface area (Å²) in [5.41, 5.74) is 1.31. The molecule has 1 unspecified atom stereocenters. The Morgan fingerprint density at radius 1 is 1.38 bits per heavy atom. The summed E-state index contributed by atoms with van der Waals surface area (Å²) in [6, 6.07) is 9.87. The lowest BCUT2D eigenvalue weighted by Gasteiger charge is -2.21. The van der Waals surface area contributed by atoms with Crippen molar-refractivity contribution in [3.63, 3.8) is 0 Å². The zero-order chi connectivity index (χ0) is 16.8. The third-order valence-electron chi connectivity index (χ3n) is 4.29. The predicted molar refractivity (Wildman–Crippen MR) is 95.4 cm³/mol. The number of nitrogens with one attached hydrogen (secondary N) is 1. The molecule has 0 bridgehead atoms. The Morgan fingerprint density at radius 3 is 2.92 bits per heavy atom. The van der Waals surface area contributed by atoms with Crippen LogP contribution in [0, 0.1) is 0 Å². The van der Waals surface area contributed by atoms with Gasteiger partial charge < -0.3 is 15.0 Å². The summed E-state index contributed by atoms with van der Waals surface area (Å²) in [4.78, 5) is 6.71. The van der Waals surface area contributed by atoms with Gasteiger partial charge >= 0.3 is 0 Å². The van der Waals surface area contributed by atoms with Gasteiger partial charge in [0.2, 0.25) is 0 Å². The number of aryl methyl sites for hydroxylation is 1. The minimum Gasteiger partial charge on any atom is -0.492 e. The molecule has 0 radical (unpaired) electrons. The number of para-hydroxylation sites is 1. The summed E-state index contributed by atoms with van der Waals surface area (Å²) in [5, 5.41) is 7.67. The highest BCUT2D eigenvalue weighted by Gasteiger charge is 2.26. The van der Waals surface area contributed by atoms with Crippen molar-refractivity contribution in [1.82, 2.24) is 20.0 Å². The van der Waals surface area contributed by atoms with E-state index in [-0.39, 0.29) is 0 Å². The fraction of sp³-hybridized carbons (Fsp3) is 0.444. The lowest BCUT2D eigenvalue weighted by molar-refractivity contribution is 0.319. The second kappa shape index (κ2) is 7.86. The van der Waals surface area contributed by atoms with Gasteiger partial charge in [0.15, 0.2) is 5.96 Å². The van der Waals surface area contributed by atoms with Crippen molar-refractivity contribution >= 4 is 5.96 Å². The fourth-order valence-electron chi connectivity index (χ4n) is 3.06. The van der Waals surface area contributed by atoms with E-state index >= 15 is 0 Å². The molecule has 0 amide bonds. The second-order valence-corrected chi connectivity index (χ2v) is 6.01. The molecule has 1 N–H and O–H groups in total. The van der Waals surface area contributed by atoms with Gasteiger partial charge in [-0.25, -0.2) is 0 Å². The smallest absolute Gasteiger partial charge is 0.193 e. The lowest BCUT2D eigenvalue weighted by Crippen LogP contribution is -2.41. The molecule has 2 heterocycles. The van der Waals surface area contributed by atoms with Crippen LogP contribution in [0.2, 0.25) is 0 Å². The number of aromatic nitrogens is 2. The topological polar surface area (TPSA) is 54.7 Å². The molecule has 1 saturated heterocycles. The molecule has 1 aromatic heterocycles. The van der Waals surface area contributed by atoms with E-state index in [9.17, 15) is 0 Å². The third-order valence-corrected chi connectivity index (χ3v) is 4.29. The Balaban J connectivity index is 1.45. The molecule has 1 aromatic carbocycles. The number of guanidine groups is 1. The maximum atomic E-state index is 5.71. The van der Waals surface area contributed by atoms with Crippen LogP contribution in [0.1, 0.15) is 17.9 Å². The summed E-state index contributed by atoms with van der Waals surface area (Å²) in [6.07, 6.45) is 5.21. The number of likely N-dealkylation sites (tertiary alicyclic amines) is 1. The van der Waals surface area contributed by atoms with Gasteiger partial charge in [-0.1, -0.05) is 18.2 Å². The zero-order valence-corrected chi connectivity index (χ0v) is 14.4. The molecule has 1 aliphatic heterocycles. The van der Waals surface area contributed by atoms with Crippen LogP contribution < -0.4 is 10.1 Å². The van der Waals surface area contributed by atoms with Gasteiger partial charge in [-0.15, -0.1) is 0 Å². The van der Waals surface area contributed by atoms with Gasteiger partial charge in [0.05, 0.1) is 12.7 Å². The second-order valence-electron chi connectivity index (χ2n) is 6.01. The minimum atomic E-state index is 0.526. The average molecular weight is 327 g/mol. The quantitative estimate of drug-likeness (QED) is 0.517. The first-order valence-electron chi connectivity index (χ1n) is 8.38. The zero-order valence-electron chi connectivity index (χ0n) is 14.4. The minimum absolute atomic E-state index is 0.526. The predicted octanol–water partition coefficient (Wildman–Crippen LogP) is 1.86. The van der Waals surface area contributed by atoms with Crippen molar-refractivity contribution in [2.75, 3.05) is 33.3 Å². The highest BCUT2D eigenvalue weighted by molar-refractivity contribution is 5.80. The van der Waals surface area contributed by atoms with Crippen LogP contribution in [0.4, 0.5) is 0 Å². The van der Waals surface area contributed by atoms with Crippen LogP contribution in [0.5, 0.6) is 5.75 Å². The first kappa shape index (κ1) is 16.4. The van der Waals surface area contributed by atoms with Crippen LogP contribution in [-0.4, -0.2) is 53.9 Å². The number of rotatable bonds is 5. The molecule has 0 aliphatic carbocycles. The number of aliphatic imine (C=N–C) groups is 1. The molecule has 1 aliphatic rings. The molecule has 3 rings (SSSR count). The highest BCUT2D eigenvalue weighted by atomic mass is 16.5. The van der Waals surface area contributed by atoms with E-state index in [2.05, 4.69) is 26.5 Å². The van der Waals surface area contributed by atoms with E-state index in [0.717, 1.165) is 37.8 Å². The standard InChI is InChI=1S/C18H25N5O/c1-19-18(20-9-11-24-17-6-4-3-5-7-17)23-10-8-15(14-23)16-12-21-22(2)13-16/h3-7,12-13,15H,8-11,14H2,1-2H3,(H,19,20). The van der Waals surface area contributed by atoms with Crippen molar-refractivity contribution < 1.29 is 4.74 Å². The summed E-state index contributed by atoms with van der Waals surface area (Å²) in [7, 11) is 3.79. The van der Waals surface area contributed by atoms with Crippen LogP contribution in [0.25, 0.3) is 0 Å². The third kappa shape index (κ3) is 4.07. The largest absolute Gasteiger partial charge is 0.492 e. The summed E-state index contributed by atoms with van der Waals surface area (Å²) >= 11 is 0. The molecule has 2 aromatic rings. The maximum absolute atomic E-state index is 5.71. The Labute approximate surface area is 143 Å². The Morgan fingerprint density at radius 2 is 2.21 bits per heavy atom. The average Bonchev–Trinajstić information content (AvgIpc) is 3.25. The van der Waals surface area contributed by atoms with Gasteiger partial charge in [0.1, 0.15) is 12.4 Å². The normalized spacial score (nSPS) is 18.0. The van der Waals surface area contributed by atoms with Crippen molar-refractivity contribution in [2.24, 2.45) is 12.0 Å². The molecule has 0 saturated carbocycles. The van der Waals surface area contributed by atoms with Crippen molar-refractivity contribution in [1.29, 1.82) is 0 Å². The lowest BCUT2D eigenvalue weighted by atomic mass is 10.0. The molecular weight excluding hydrogens is 302 g/mol. The maximum Gasteiger partial charge on any atom is 0.193 e. The molecule has 24 heavy (non-hydrogen) atoms. The number of hydrogen-bond donors (Lipinski definition) is 1. The Bertz CT molecular complexity index is 667. The van der Waals surface area contributed by atoms with Crippen molar-refractivity contribution in [2.45, 2.75) is 12.3 Å². The van der Waals surface area contributed by atoms with Gasteiger partial charge in [0, 0.05) is 39.3 Å². The monoisotopic (exact) mass is 327 g/mol. The summed E-state index contributed by atoms with van der Waals surface area (Å²) in [5.74, 6) is 2.36. The Kier molecular flexibility index (Phi) is 5.36. The van der Waals surface area contributed by atoms with E-state index in [0.29, 0.717) is 12.5 Å². The van der Waals surface area contributed by atoms with Gasteiger partial charge in [-0.2, -0.15) is 5.10 Å².